The second kappa shape index (κ2) is 5.95. The lowest BCUT2D eigenvalue weighted by Gasteiger charge is -2.46. The second-order valence-corrected chi connectivity index (χ2v) is 5.51. The fraction of sp³-hybridized carbons (Fsp3) is 0.294. The van der Waals surface area contributed by atoms with Crippen molar-refractivity contribution in [2.45, 2.75) is 18.4 Å². The zero-order chi connectivity index (χ0) is 16.4. The maximum absolute atomic E-state index is 15.9. The number of aromatic nitrogens is 1. The van der Waals surface area contributed by atoms with Gasteiger partial charge in [-0.15, -0.1) is 0 Å². The smallest absolute Gasteiger partial charge is 0.309 e. The molecule has 23 heavy (non-hydrogen) atoms. The molecule has 1 aliphatic rings. The Morgan fingerprint density at radius 3 is 2.52 bits per heavy atom. The van der Waals surface area contributed by atoms with Gasteiger partial charge in [0.1, 0.15) is 5.82 Å². The van der Waals surface area contributed by atoms with E-state index in [2.05, 4.69) is 4.98 Å². The number of carboxylic acid groups (broad SMARTS) is 1. The van der Waals surface area contributed by atoms with Crippen LogP contribution in [-0.2, 0) is 10.6 Å². The minimum Gasteiger partial charge on any atom is -0.481 e. The Kier molecular flexibility index (Phi) is 3.98. The van der Waals surface area contributed by atoms with Gasteiger partial charge in [-0.25, -0.2) is 13.8 Å². The summed E-state index contributed by atoms with van der Waals surface area (Å²) in [6, 6.07) is 12.8. The number of alkyl halides is 2. The molecule has 0 aliphatic carbocycles. The number of aliphatic carboxylic acids is 1. The standard InChI is InChI=1S/C17H16F2N2O2/c18-15-13(16(22)23)9-11-21(14-8-4-5-10-20-14)17(15,19)12-6-2-1-3-7-12/h1-8,10,13,15H,9,11H2,(H,22,23). The number of hydrogen-bond acceptors (Lipinski definition) is 3. The van der Waals surface area contributed by atoms with E-state index in [9.17, 15) is 14.3 Å². The van der Waals surface area contributed by atoms with E-state index in [4.69, 9.17) is 0 Å². The van der Waals surface area contributed by atoms with Gasteiger partial charge in [0.15, 0.2) is 6.17 Å². The Balaban J connectivity index is 2.11. The molecule has 0 saturated carbocycles. The Hall–Kier alpha value is -2.50. The van der Waals surface area contributed by atoms with Crippen LogP contribution in [-0.4, -0.2) is 28.8 Å². The third-order valence-electron chi connectivity index (χ3n) is 4.20. The molecule has 3 rings (SSSR count). The third kappa shape index (κ3) is 2.54. The summed E-state index contributed by atoms with van der Waals surface area (Å²) in [4.78, 5) is 16.6. The first-order chi connectivity index (χ1) is 11.0. The van der Waals surface area contributed by atoms with Crippen LogP contribution in [0.1, 0.15) is 12.0 Å². The maximum Gasteiger partial charge on any atom is 0.309 e. The summed E-state index contributed by atoms with van der Waals surface area (Å²) in [6.45, 7) is 0.0692. The normalized spacial score (nSPS) is 27.7. The SMILES string of the molecule is O=C(O)C1CCN(c2ccccn2)C(F)(c2ccccc2)C1F. The van der Waals surface area contributed by atoms with Crippen LogP contribution in [0.4, 0.5) is 14.6 Å². The Morgan fingerprint density at radius 2 is 1.91 bits per heavy atom. The molecule has 1 saturated heterocycles. The highest BCUT2D eigenvalue weighted by atomic mass is 19.2. The lowest BCUT2D eigenvalue weighted by atomic mass is 9.83. The molecule has 3 atom stereocenters. The zero-order valence-corrected chi connectivity index (χ0v) is 12.3. The second-order valence-electron chi connectivity index (χ2n) is 5.51. The van der Waals surface area contributed by atoms with E-state index >= 15 is 4.39 Å². The number of pyridine rings is 1. The molecule has 1 fully saturated rings. The van der Waals surface area contributed by atoms with Crippen molar-refractivity contribution in [3.8, 4) is 0 Å². The highest BCUT2D eigenvalue weighted by Gasteiger charge is 2.56. The Bertz CT molecular complexity index is 684. The van der Waals surface area contributed by atoms with Gasteiger partial charge in [-0.2, -0.15) is 0 Å². The fourth-order valence-corrected chi connectivity index (χ4v) is 3.02. The minimum atomic E-state index is -2.57. The number of hydrogen-bond donors (Lipinski definition) is 1. The van der Waals surface area contributed by atoms with Gasteiger partial charge in [-0.05, 0) is 18.6 Å². The third-order valence-corrected chi connectivity index (χ3v) is 4.20. The van der Waals surface area contributed by atoms with Crippen molar-refractivity contribution in [1.82, 2.24) is 4.98 Å². The lowest BCUT2D eigenvalue weighted by molar-refractivity contribution is -0.150. The summed E-state index contributed by atoms with van der Waals surface area (Å²) in [6.07, 6.45) is -0.679. The number of carboxylic acids is 1. The number of carbonyl (C=O) groups is 1. The number of nitrogens with zero attached hydrogens (tertiary/aromatic N) is 2. The monoisotopic (exact) mass is 318 g/mol. The molecule has 1 N–H and O–H groups in total. The van der Waals surface area contributed by atoms with Crippen molar-refractivity contribution in [1.29, 1.82) is 0 Å². The van der Waals surface area contributed by atoms with Crippen LogP contribution < -0.4 is 4.90 Å². The number of halogens is 2. The van der Waals surface area contributed by atoms with E-state index in [0.29, 0.717) is 0 Å². The van der Waals surface area contributed by atoms with Gasteiger partial charge in [0.25, 0.3) is 0 Å². The van der Waals surface area contributed by atoms with Crippen LogP contribution in [0.3, 0.4) is 0 Å². The maximum atomic E-state index is 15.9. The number of piperidine rings is 1. The average molecular weight is 318 g/mol. The van der Waals surface area contributed by atoms with E-state index in [0.717, 1.165) is 0 Å². The molecule has 0 bridgehead atoms. The average Bonchev–Trinajstić information content (AvgIpc) is 2.58. The van der Waals surface area contributed by atoms with Gasteiger partial charge in [0.2, 0.25) is 5.79 Å². The molecule has 1 aromatic carbocycles. The predicted octanol–water partition coefficient (Wildman–Crippen LogP) is 3.15. The first-order valence-electron chi connectivity index (χ1n) is 7.35. The van der Waals surface area contributed by atoms with Crippen LogP contribution in [0.15, 0.2) is 54.7 Å². The van der Waals surface area contributed by atoms with E-state index in [1.54, 1.807) is 36.4 Å². The molecule has 1 aromatic heterocycles. The first-order valence-corrected chi connectivity index (χ1v) is 7.35. The zero-order valence-electron chi connectivity index (χ0n) is 12.3. The van der Waals surface area contributed by atoms with Gasteiger partial charge in [-0.3, -0.25) is 4.79 Å². The molecule has 4 nitrogen and oxygen atoms in total. The van der Waals surface area contributed by atoms with E-state index in [-0.39, 0.29) is 24.3 Å². The number of anilines is 1. The van der Waals surface area contributed by atoms with E-state index < -0.39 is 23.9 Å². The van der Waals surface area contributed by atoms with Crippen LogP contribution in [0.2, 0.25) is 0 Å². The molecule has 2 heterocycles. The molecule has 6 heteroatoms. The first kappa shape index (κ1) is 15.4. The summed E-state index contributed by atoms with van der Waals surface area (Å²) in [7, 11) is 0. The van der Waals surface area contributed by atoms with Crippen LogP contribution in [0.25, 0.3) is 0 Å². The Labute approximate surface area is 132 Å². The topological polar surface area (TPSA) is 53.4 Å². The highest BCUT2D eigenvalue weighted by Crippen LogP contribution is 2.45. The molecule has 1 aliphatic heterocycles. The molecular weight excluding hydrogens is 302 g/mol. The van der Waals surface area contributed by atoms with Crippen LogP contribution >= 0.6 is 0 Å². The molecular formula is C17H16F2N2O2. The van der Waals surface area contributed by atoms with Gasteiger partial charge >= 0.3 is 5.97 Å². The molecule has 0 amide bonds. The van der Waals surface area contributed by atoms with E-state index in [1.807, 2.05) is 0 Å². The molecule has 120 valence electrons. The Morgan fingerprint density at radius 1 is 1.22 bits per heavy atom. The lowest BCUT2D eigenvalue weighted by Crippen LogP contribution is -2.58. The molecule has 2 aromatic rings. The molecule has 0 radical (unpaired) electrons. The summed E-state index contributed by atoms with van der Waals surface area (Å²) in [5.41, 5.74) is 0.0871. The number of benzene rings is 1. The van der Waals surface area contributed by atoms with Gasteiger partial charge in [0, 0.05) is 18.3 Å². The summed E-state index contributed by atoms with van der Waals surface area (Å²) >= 11 is 0. The van der Waals surface area contributed by atoms with Crippen molar-refractivity contribution >= 4 is 11.8 Å². The van der Waals surface area contributed by atoms with Gasteiger partial charge < -0.3 is 10.0 Å². The van der Waals surface area contributed by atoms with Crippen LogP contribution in [0, 0.1) is 5.92 Å². The minimum absolute atomic E-state index is 0.0194. The van der Waals surface area contributed by atoms with Crippen molar-refractivity contribution in [3.63, 3.8) is 0 Å². The fourth-order valence-electron chi connectivity index (χ4n) is 3.02. The summed E-state index contributed by atoms with van der Waals surface area (Å²) in [5.74, 6) is -5.00. The largest absolute Gasteiger partial charge is 0.481 e. The number of rotatable bonds is 3. The summed E-state index contributed by atoms with van der Waals surface area (Å²) in [5, 5.41) is 9.20. The van der Waals surface area contributed by atoms with Crippen molar-refractivity contribution in [3.05, 3.63) is 60.3 Å². The summed E-state index contributed by atoms with van der Waals surface area (Å²) < 4.78 is 30.9. The van der Waals surface area contributed by atoms with Crippen molar-refractivity contribution in [2.75, 3.05) is 11.4 Å². The van der Waals surface area contributed by atoms with E-state index in [1.165, 1.54) is 23.2 Å². The highest BCUT2D eigenvalue weighted by molar-refractivity contribution is 5.72. The van der Waals surface area contributed by atoms with Gasteiger partial charge in [0.05, 0.1) is 5.92 Å². The van der Waals surface area contributed by atoms with Crippen LogP contribution in [0.5, 0.6) is 0 Å². The van der Waals surface area contributed by atoms with Gasteiger partial charge in [-0.1, -0.05) is 36.4 Å². The molecule has 3 unspecified atom stereocenters. The van der Waals surface area contributed by atoms with Crippen molar-refractivity contribution in [2.24, 2.45) is 5.92 Å². The molecule has 0 spiro atoms. The quantitative estimate of drug-likeness (QED) is 0.883. The predicted molar refractivity (Wildman–Crippen MR) is 81.4 cm³/mol. The van der Waals surface area contributed by atoms with Crippen molar-refractivity contribution < 1.29 is 18.7 Å².